The number of carbonyl (C=O) groups excluding carboxylic acids is 1. The van der Waals surface area contributed by atoms with E-state index in [9.17, 15) is 4.79 Å². The van der Waals surface area contributed by atoms with E-state index in [1.165, 1.54) is 32.1 Å². The van der Waals surface area contributed by atoms with Gasteiger partial charge in [-0.2, -0.15) is 0 Å². The van der Waals surface area contributed by atoms with Crippen molar-refractivity contribution in [2.75, 3.05) is 46.4 Å². The summed E-state index contributed by atoms with van der Waals surface area (Å²) in [6, 6.07) is 0. The van der Waals surface area contributed by atoms with Crippen LogP contribution in [0.4, 0.5) is 0 Å². The summed E-state index contributed by atoms with van der Waals surface area (Å²) in [7, 11) is 2.03. The average Bonchev–Trinajstić information content (AvgIpc) is 3.46. The van der Waals surface area contributed by atoms with Gasteiger partial charge in [0.1, 0.15) is 0 Å². The van der Waals surface area contributed by atoms with E-state index >= 15 is 0 Å². The number of guanidine groups is 1. The first kappa shape index (κ1) is 23.5. The van der Waals surface area contributed by atoms with E-state index in [0.29, 0.717) is 13.1 Å². The summed E-state index contributed by atoms with van der Waals surface area (Å²) in [5.41, 5.74) is 0. The van der Waals surface area contributed by atoms with Gasteiger partial charge in [0.25, 0.3) is 0 Å². The SMILES string of the molecule is CCNC(=NCCNC(=O)C1CCCCC1)N(C)CCOCC1CC1.I. The van der Waals surface area contributed by atoms with Crippen molar-refractivity contribution >= 4 is 35.8 Å². The molecule has 152 valence electrons. The van der Waals surface area contributed by atoms with Crippen molar-refractivity contribution in [3.8, 4) is 0 Å². The lowest BCUT2D eigenvalue weighted by atomic mass is 9.89. The van der Waals surface area contributed by atoms with Gasteiger partial charge in [-0.15, -0.1) is 24.0 Å². The number of likely N-dealkylation sites (N-methyl/N-ethyl adjacent to an activating group) is 1. The maximum Gasteiger partial charge on any atom is 0.223 e. The maximum absolute atomic E-state index is 12.1. The third-order valence-corrected chi connectivity index (χ3v) is 4.97. The minimum Gasteiger partial charge on any atom is -0.379 e. The quantitative estimate of drug-likeness (QED) is 0.218. The lowest BCUT2D eigenvalue weighted by Crippen LogP contribution is -2.41. The largest absolute Gasteiger partial charge is 0.379 e. The Bertz CT molecular complexity index is 424. The molecule has 0 spiro atoms. The number of amides is 1. The monoisotopic (exact) mass is 480 g/mol. The van der Waals surface area contributed by atoms with Crippen LogP contribution in [0.3, 0.4) is 0 Å². The maximum atomic E-state index is 12.1. The van der Waals surface area contributed by atoms with E-state index in [0.717, 1.165) is 51.0 Å². The molecule has 1 amide bonds. The Morgan fingerprint density at radius 1 is 1.15 bits per heavy atom. The van der Waals surface area contributed by atoms with Crippen LogP contribution in [0.1, 0.15) is 51.9 Å². The number of rotatable bonds is 10. The number of aliphatic imine (C=N–C) groups is 1. The number of hydrogen-bond acceptors (Lipinski definition) is 3. The van der Waals surface area contributed by atoms with E-state index in [1.807, 2.05) is 7.05 Å². The van der Waals surface area contributed by atoms with Crippen LogP contribution in [-0.4, -0.2) is 63.2 Å². The van der Waals surface area contributed by atoms with Crippen LogP contribution in [0.5, 0.6) is 0 Å². The van der Waals surface area contributed by atoms with E-state index in [-0.39, 0.29) is 35.8 Å². The third-order valence-electron chi connectivity index (χ3n) is 4.97. The Morgan fingerprint density at radius 2 is 1.88 bits per heavy atom. The van der Waals surface area contributed by atoms with E-state index in [4.69, 9.17) is 4.74 Å². The molecule has 0 bridgehead atoms. The molecule has 2 saturated carbocycles. The van der Waals surface area contributed by atoms with Crippen LogP contribution in [-0.2, 0) is 9.53 Å². The molecular formula is C19H37IN4O2. The molecule has 6 nitrogen and oxygen atoms in total. The molecule has 2 N–H and O–H groups in total. The van der Waals surface area contributed by atoms with E-state index in [2.05, 4.69) is 27.4 Å². The number of nitrogens with one attached hydrogen (secondary N) is 2. The molecule has 0 atom stereocenters. The molecule has 7 heteroatoms. The predicted molar refractivity (Wildman–Crippen MR) is 117 cm³/mol. The van der Waals surface area contributed by atoms with Gasteiger partial charge in [0.05, 0.1) is 13.2 Å². The first-order valence-corrected chi connectivity index (χ1v) is 10.1. The van der Waals surface area contributed by atoms with Gasteiger partial charge < -0.3 is 20.3 Å². The molecule has 2 fully saturated rings. The van der Waals surface area contributed by atoms with Crippen molar-refractivity contribution in [2.24, 2.45) is 16.8 Å². The summed E-state index contributed by atoms with van der Waals surface area (Å²) >= 11 is 0. The van der Waals surface area contributed by atoms with Crippen LogP contribution in [0, 0.1) is 11.8 Å². The minimum atomic E-state index is 0. The van der Waals surface area contributed by atoms with Crippen LogP contribution < -0.4 is 10.6 Å². The molecule has 2 rings (SSSR count). The Hall–Kier alpha value is -0.570. The zero-order chi connectivity index (χ0) is 17.9. The number of halogens is 1. The summed E-state index contributed by atoms with van der Waals surface area (Å²) in [4.78, 5) is 18.8. The molecular weight excluding hydrogens is 443 g/mol. The Morgan fingerprint density at radius 3 is 2.54 bits per heavy atom. The first-order valence-electron chi connectivity index (χ1n) is 10.1. The summed E-state index contributed by atoms with van der Waals surface area (Å²) in [6.45, 7) is 6.57. The molecule has 0 aromatic heterocycles. The van der Waals surface area contributed by atoms with Gasteiger partial charge in [0.2, 0.25) is 5.91 Å². The van der Waals surface area contributed by atoms with Crippen molar-refractivity contribution in [3.05, 3.63) is 0 Å². The van der Waals surface area contributed by atoms with Gasteiger partial charge in [-0.1, -0.05) is 19.3 Å². The number of hydrogen-bond donors (Lipinski definition) is 2. The van der Waals surface area contributed by atoms with Crippen LogP contribution in [0.25, 0.3) is 0 Å². The Balaban J connectivity index is 0.00000338. The lowest BCUT2D eigenvalue weighted by Gasteiger charge is -2.22. The van der Waals surface area contributed by atoms with Crippen molar-refractivity contribution < 1.29 is 9.53 Å². The number of nitrogens with zero attached hydrogens (tertiary/aromatic N) is 2. The molecule has 0 aromatic rings. The third kappa shape index (κ3) is 9.39. The molecule has 0 aliphatic heterocycles. The Labute approximate surface area is 175 Å². The second kappa shape index (κ2) is 13.6. The van der Waals surface area contributed by atoms with Crippen LogP contribution in [0.2, 0.25) is 0 Å². The van der Waals surface area contributed by atoms with Crippen LogP contribution >= 0.6 is 24.0 Å². The summed E-state index contributed by atoms with van der Waals surface area (Å²) in [5, 5.41) is 6.35. The van der Waals surface area contributed by atoms with Gasteiger partial charge >= 0.3 is 0 Å². The highest BCUT2D eigenvalue weighted by Gasteiger charge is 2.21. The van der Waals surface area contributed by atoms with E-state index < -0.39 is 0 Å². The summed E-state index contributed by atoms with van der Waals surface area (Å²) in [6.07, 6.45) is 8.39. The fraction of sp³-hybridized carbons (Fsp3) is 0.895. The zero-order valence-corrected chi connectivity index (χ0v) is 18.8. The topological polar surface area (TPSA) is 66.0 Å². The molecule has 26 heavy (non-hydrogen) atoms. The second-order valence-corrected chi connectivity index (χ2v) is 7.30. The average molecular weight is 480 g/mol. The van der Waals surface area contributed by atoms with Gasteiger partial charge in [-0.3, -0.25) is 9.79 Å². The van der Waals surface area contributed by atoms with E-state index in [1.54, 1.807) is 0 Å². The fourth-order valence-corrected chi connectivity index (χ4v) is 3.16. The number of ether oxygens (including phenoxy) is 1. The van der Waals surface area contributed by atoms with Gasteiger partial charge in [-0.25, -0.2) is 0 Å². The van der Waals surface area contributed by atoms with Gasteiger partial charge in [0.15, 0.2) is 5.96 Å². The molecule has 0 heterocycles. The second-order valence-electron chi connectivity index (χ2n) is 7.30. The van der Waals surface area contributed by atoms with Crippen molar-refractivity contribution in [1.29, 1.82) is 0 Å². The van der Waals surface area contributed by atoms with Crippen LogP contribution in [0.15, 0.2) is 4.99 Å². The molecule has 0 radical (unpaired) electrons. The van der Waals surface area contributed by atoms with Gasteiger partial charge in [-0.05, 0) is 38.5 Å². The lowest BCUT2D eigenvalue weighted by molar-refractivity contribution is -0.125. The molecule has 0 unspecified atom stereocenters. The minimum absolute atomic E-state index is 0. The molecule has 2 aliphatic rings. The highest BCUT2D eigenvalue weighted by Crippen LogP contribution is 2.28. The zero-order valence-electron chi connectivity index (χ0n) is 16.5. The molecule has 0 aromatic carbocycles. The highest BCUT2D eigenvalue weighted by atomic mass is 127. The summed E-state index contributed by atoms with van der Waals surface area (Å²) < 4.78 is 5.70. The highest BCUT2D eigenvalue weighted by molar-refractivity contribution is 14.0. The molecule has 2 aliphatic carbocycles. The predicted octanol–water partition coefficient (Wildman–Crippen LogP) is 2.62. The number of carbonyl (C=O) groups is 1. The summed E-state index contributed by atoms with van der Waals surface area (Å²) in [5.74, 6) is 2.11. The van der Waals surface area contributed by atoms with Crippen molar-refractivity contribution in [1.82, 2.24) is 15.5 Å². The smallest absolute Gasteiger partial charge is 0.223 e. The first-order chi connectivity index (χ1) is 12.2. The Kier molecular flexibility index (Phi) is 12.3. The fourth-order valence-electron chi connectivity index (χ4n) is 3.16. The van der Waals surface area contributed by atoms with Crippen molar-refractivity contribution in [3.63, 3.8) is 0 Å². The normalized spacial score (nSPS) is 18.2. The standard InChI is InChI=1S/C19H36N4O2.HI/c1-3-20-19(23(2)13-14-25-15-16-9-10-16)22-12-11-21-18(24)17-7-5-4-6-8-17;/h16-17H,3-15H2,1-2H3,(H,20,22)(H,21,24);1H. The van der Waals surface area contributed by atoms with Gasteiger partial charge in [0, 0.05) is 39.2 Å². The van der Waals surface area contributed by atoms with Crippen molar-refractivity contribution in [2.45, 2.75) is 51.9 Å². The molecule has 0 saturated heterocycles.